The molecule has 1 heterocycles. The van der Waals surface area contributed by atoms with Crippen molar-refractivity contribution in [2.24, 2.45) is 0 Å². The van der Waals surface area contributed by atoms with Crippen molar-refractivity contribution >= 4 is 52.2 Å². The lowest BCUT2D eigenvalue weighted by atomic mass is 10.1. The number of carbonyl (C=O) groups excluding carboxylic acids is 1. The highest BCUT2D eigenvalue weighted by atomic mass is 32.2. The first-order chi connectivity index (χ1) is 17.2. The van der Waals surface area contributed by atoms with Crippen LogP contribution in [0, 0.1) is 0 Å². The fourth-order valence-electron chi connectivity index (χ4n) is 3.81. The van der Waals surface area contributed by atoms with Crippen LogP contribution < -0.4 is 9.47 Å². The minimum absolute atomic E-state index is 0.0340. The number of unbranched alkanes of at least 4 members (excludes halogenated alkanes) is 4. The molecule has 0 aromatic heterocycles. The molecule has 36 heavy (non-hydrogen) atoms. The monoisotopic (exact) mass is 537 g/mol. The number of aliphatic carboxylic acids is 2. The van der Waals surface area contributed by atoms with Crippen LogP contribution in [0.2, 0.25) is 0 Å². The van der Waals surface area contributed by atoms with Gasteiger partial charge in [-0.3, -0.25) is 14.5 Å². The zero-order valence-electron chi connectivity index (χ0n) is 21.0. The van der Waals surface area contributed by atoms with Crippen molar-refractivity contribution in [2.45, 2.75) is 84.3 Å². The molecule has 2 N–H and O–H groups in total. The molecule has 0 aliphatic carbocycles. The summed E-state index contributed by atoms with van der Waals surface area (Å²) in [6, 6.07) is 4.05. The number of ether oxygens (including phenoxy) is 2. The zero-order valence-corrected chi connectivity index (χ0v) is 22.7. The van der Waals surface area contributed by atoms with E-state index in [9.17, 15) is 19.5 Å². The first kappa shape index (κ1) is 29.6. The van der Waals surface area contributed by atoms with Crippen LogP contribution in [0.5, 0.6) is 11.5 Å². The maximum Gasteiger partial charge on any atom is 0.326 e. The highest BCUT2D eigenvalue weighted by Crippen LogP contribution is 2.37. The number of thiocarbonyl (C=S) groups is 1. The van der Waals surface area contributed by atoms with Crippen LogP contribution >= 0.6 is 24.0 Å². The average molecular weight is 538 g/mol. The standard InChI is InChI=1S/C26H35NO7S2/c1-4-6-7-8-9-10-17(3)34-20-13-11-18(15-21(20)33-5-2)16-22-24(30)27(26(35)36-22)19(25(31)32)12-14-23(28)29/h11,13,15-17,19H,4-10,12,14H2,1-3H3,(H,28,29)(H,31,32)/b22-16+/t17-,19+/m1/s1. The lowest BCUT2D eigenvalue weighted by molar-refractivity contribution is -0.146. The van der Waals surface area contributed by atoms with Crippen molar-refractivity contribution in [3.05, 3.63) is 28.7 Å². The van der Waals surface area contributed by atoms with E-state index in [1.807, 2.05) is 13.8 Å². The Morgan fingerprint density at radius 3 is 2.47 bits per heavy atom. The molecule has 0 radical (unpaired) electrons. The summed E-state index contributed by atoms with van der Waals surface area (Å²) in [5, 5.41) is 18.5. The maximum atomic E-state index is 13.0. The van der Waals surface area contributed by atoms with E-state index in [1.165, 1.54) is 25.7 Å². The van der Waals surface area contributed by atoms with Gasteiger partial charge in [-0.2, -0.15) is 0 Å². The van der Waals surface area contributed by atoms with E-state index in [1.54, 1.807) is 24.3 Å². The summed E-state index contributed by atoms with van der Waals surface area (Å²) in [7, 11) is 0. The summed E-state index contributed by atoms with van der Waals surface area (Å²) in [5.41, 5.74) is 0.677. The quantitative estimate of drug-likeness (QED) is 0.155. The Labute approximate surface area is 222 Å². The van der Waals surface area contributed by atoms with Gasteiger partial charge in [0.05, 0.1) is 17.6 Å². The fourth-order valence-corrected chi connectivity index (χ4v) is 5.17. The fraction of sp³-hybridized carbons (Fsp3) is 0.538. The number of nitrogens with zero attached hydrogens (tertiary/aromatic N) is 1. The van der Waals surface area contributed by atoms with Crippen LogP contribution in [0.25, 0.3) is 6.08 Å². The molecule has 1 aromatic rings. The number of carbonyl (C=O) groups is 3. The largest absolute Gasteiger partial charge is 0.490 e. The van der Waals surface area contributed by atoms with E-state index in [-0.39, 0.29) is 28.2 Å². The highest BCUT2D eigenvalue weighted by molar-refractivity contribution is 8.26. The molecule has 1 aliphatic rings. The van der Waals surface area contributed by atoms with Crippen LogP contribution in [-0.2, 0) is 14.4 Å². The number of benzene rings is 1. The third kappa shape index (κ3) is 8.81. The van der Waals surface area contributed by atoms with Crippen LogP contribution in [0.3, 0.4) is 0 Å². The van der Waals surface area contributed by atoms with E-state index in [4.69, 9.17) is 26.8 Å². The molecule has 1 fully saturated rings. The number of thioether (sulfide) groups is 1. The van der Waals surface area contributed by atoms with Gasteiger partial charge in [0.1, 0.15) is 10.4 Å². The lowest BCUT2D eigenvalue weighted by Crippen LogP contribution is -2.44. The summed E-state index contributed by atoms with van der Waals surface area (Å²) < 4.78 is 12.0. The minimum atomic E-state index is -1.34. The van der Waals surface area contributed by atoms with Crippen molar-refractivity contribution in [2.75, 3.05) is 6.61 Å². The topological polar surface area (TPSA) is 113 Å². The van der Waals surface area contributed by atoms with E-state index < -0.39 is 23.9 Å². The van der Waals surface area contributed by atoms with Gasteiger partial charge in [0.25, 0.3) is 5.91 Å². The Hall–Kier alpha value is -2.59. The second-order valence-corrected chi connectivity index (χ2v) is 10.3. The first-order valence-electron chi connectivity index (χ1n) is 12.3. The number of amides is 1. The molecule has 198 valence electrons. The molecule has 1 amide bonds. The van der Waals surface area contributed by atoms with Gasteiger partial charge in [0.15, 0.2) is 11.5 Å². The van der Waals surface area contributed by atoms with Crippen LogP contribution in [0.15, 0.2) is 23.1 Å². The Morgan fingerprint density at radius 1 is 1.11 bits per heavy atom. The number of rotatable bonds is 16. The minimum Gasteiger partial charge on any atom is -0.490 e. The Bertz CT molecular complexity index is 979. The van der Waals surface area contributed by atoms with Crippen LogP contribution in [-0.4, -0.2) is 56.0 Å². The first-order valence-corrected chi connectivity index (χ1v) is 13.6. The van der Waals surface area contributed by atoms with Gasteiger partial charge in [-0.1, -0.05) is 62.7 Å². The SMILES string of the molecule is CCCCCCC[C@@H](C)Oc1ccc(/C=C2/SC(=S)N([C@@H](CCC(=O)O)C(=O)O)C2=O)cc1OCC. The highest BCUT2D eigenvalue weighted by Gasteiger charge is 2.40. The average Bonchev–Trinajstić information content (AvgIpc) is 3.08. The van der Waals surface area contributed by atoms with Crippen LogP contribution in [0.4, 0.5) is 0 Å². The molecule has 1 aliphatic heterocycles. The molecular formula is C26H35NO7S2. The molecule has 0 saturated carbocycles. The van der Waals surface area contributed by atoms with Crippen molar-refractivity contribution in [3.63, 3.8) is 0 Å². The smallest absolute Gasteiger partial charge is 0.326 e. The molecule has 10 heteroatoms. The number of hydrogen-bond donors (Lipinski definition) is 2. The van der Waals surface area contributed by atoms with E-state index in [0.29, 0.717) is 23.7 Å². The summed E-state index contributed by atoms with van der Waals surface area (Å²) in [6.45, 7) is 6.55. The molecule has 0 spiro atoms. The van der Waals surface area contributed by atoms with Gasteiger partial charge in [0, 0.05) is 6.42 Å². The van der Waals surface area contributed by atoms with Crippen molar-refractivity contribution < 1.29 is 34.1 Å². The maximum absolute atomic E-state index is 13.0. The summed E-state index contributed by atoms with van der Waals surface area (Å²) in [5.74, 6) is -1.81. The zero-order chi connectivity index (χ0) is 26.7. The van der Waals surface area contributed by atoms with Gasteiger partial charge in [-0.05, 0) is 56.9 Å². The molecule has 8 nitrogen and oxygen atoms in total. The van der Waals surface area contributed by atoms with Gasteiger partial charge < -0.3 is 19.7 Å². The molecule has 0 unspecified atom stereocenters. The van der Waals surface area contributed by atoms with Crippen molar-refractivity contribution in [3.8, 4) is 11.5 Å². The normalized spacial score (nSPS) is 16.3. The third-order valence-corrected chi connectivity index (χ3v) is 6.99. The van der Waals surface area contributed by atoms with Gasteiger partial charge >= 0.3 is 11.9 Å². The number of carboxylic acids is 2. The van der Waals surface area contributed by atoms with E-state index in [2.05, 4.69) is 6.92 Å². The van der Waals surface area contributed by atoms with E-state index in [0.717, 1.165) is 29.5 Å². The number of carboxylic acid groups (broad SMARTS) is 2. The molecule has 0 bridgehead atoms. The van der Waals surface area contributed by atoms with Gasteiger partial charge in [0.2, 0.25) is 0 Å². The molecule has 1 saturated heterocycles. The summed E-state index contributed by atoms with van der Waals surface area (Å²) >= 11 is 6.24. The van der Waals surface area contributed by atoms with E-state index >= 15 is 0 Å². The predicted molar refractivity (Wildman–Crippen MR) is 144 cm³/mol. The second kappa shape index (κ2) is 14.8. The van der Waals surface area contributed by atoms with Crippen molar-refractivity contribution in [1.29, 1.82) is 0 Å². The molecular weight excluding hydrogens is 502 g/mol. The third-order valence-electron chi connectivity index (χ3n) is 5.66. The van der Waals surface area contributed by atoms with Crippen molar-refractivity contribution in [1.82, 2.24) is 4.90 Å². The molecule has 1 aromatic carbocycles. The van der Waals surface area contributed by atoms with Gasteiger partial charge in [-0.25, -0.2) is 4.79 Å². The van der Waals surface area contributed by atoms with Crippen LogP contribution in [0.1, 0.15) is 77.7 Å². The Morgan fingerprint density at radius 2 is 1.83 bits per heavy atom. The second-order valence-electron chi connectivity index (χ2n) is 8.61. The molecule has 2 atom stereocenters. The summed E-state index contributed by atoms with van der Waals surface area (Å²) in [4.78, 5) is 36.8. The predicted octanol–water partition coefficient (Wildman–Crippen LogP) is 5.73. The van der Waals surface area contributed by atoms with Gasteiger partial charge in [-0.15, -0.1) is 0 Å². The molecule has 2 rings (SSSR count). The number of hydrogen-bond acceptors (Lipinski definition) is 7. The Kier molecular flexibility index (Phi) is 12.2. The summed E-state index contributed by atoms with van der Waals surface area (Å²) in [6.07, 6.45) is 7.99. The Balaban J connectivity index is 2.15. The lowest BCUT2D eigenvalue weighted by Gasteiger charge is -2.22.